The van der Waals surface area contributed by atoms with Crippen LogP contribution in [0, 0.1) is 5.41 Å². The Balaban J connectivity index is 2.12. The summed E-state index contributed by atoms with van der Waals surface area (Å²) in [7, 11) is 0. The summed E-state index contributed by atoms with van der Waals surface area (Å²) in [4.78, 5) is 2.49. The number of piperazine rings is 1. The Hall–Kier alpha value is -0.280. The number of hydrogen-bond donors (Lipinski definition) is 1. The Morgan fingerprint density at radius 2 is 2.00 bits per heavy atom. The van der Waals surface area contributed by atoms with Gasteiger partial charge < -0.3 is 5.32 Å². The van der Waals surface area contributed by atoms with Crippen molar-refractivity contribution < 1.29 is 0 Å². The van der Waals surface area contributed by atoms with E-state index in [1.54, 1.807) is 0 Å². The quantitative estimate of drug-likeness (QED) is 0.880. The Kier molecular flexibility index (Phi) is 5.01. The first-order valence-electron chi connectivity index (χ1n) is 7.18. The smallest absolute Gasteiger partial charge is 0.0452 e. The molecule has 1 heterocycles. The van der Waals surface area contributed by atoms with Crippen LogP contribution in [0.5, 0.6) is 0 Å². The van der Waals surface area contributed by atoms with Crippen molar-refractivity contribution in [2.45, 2.75) is 46.3 Å². The first kappa shape index (κ1) is 16.1. The molecule has 2 nitrogen and oxygen atoms in total. The zero-order valence-electron chi connectivity index (χ0n) is 12.7. The number of benzene rings is 1. The molecule has 0 spiro atoms. The second-order valence-corrected chi connectivity index (χ2v) is 7.68. The first-order valence-corrected chi connectivity index (χ1v) is 7.94. The molecule has 0 aliphatic carbocycles. The van der Waals surface area contributed by atoms with Gasteiger partial charge in [-0.3, -0.25) is 4.90 Å². The molecule has 1 aromatic carbocycles. The Morgan fingerprint density at radius 1 is 1.30 bits per heavy atom. The summed E-state index contributed by atoms with van der Waals surface area (Å²) in [5.74, 6) is 0. The lowest BCUT2D eigenvalue weighted by Gasteiger charge is -2.44. The maximum absolute atomic E-state index is 6.29. The summed E-state index contributed by atoms with van der Waals surface area (Å²) >= 11 is 12.4. The van der Waals surface area contributed by atoms with Gasteiger partial charge in [0, 0.05) is 41.8 Å². The summed E-state index contributed by atoms with van der Waals surface area (Å²) in [6, 6.07) is 6.70. The van der Waals surface area contributed by atoms with Crippen LogP contribution < -0.4 is 5.32 Å². The van der Waals surface area contributed by atoms with Crippen LogP contribution in [0.2, 0.25) is 10.0 Å². The zero-order valence-corrected chi connectivity index (χ0v) is 14.2. The van der Waals surface area contributed by atoms with Gasteiger partial charge in [0.1, 0.15) is 0 Å². The summed E-state index contributed by atoms with van der Waals surface area (Å²) in [5, 5.41) is 5.20. The summed E-state index contributed by atoms with van der Waals surface area (Å²) in [6.45, 7) is 12.0. The minimum Gasteiger partial charge on any atom is -0.311 e. The molecule has 1 saturated heterocycles. The van der Waals surface area contributed by atoms with E-state index in [1.807, 2.05) is 18.2 Å². The van der Waals surface area contributed by atoms with Gasteiger partial charge in [0.05, 0.1) is 0 Å². The van der Waals surface area contributed by atoms with E-state index in [-0.39, 0.29) is 5.41 Å². The van der Waals surface area contributed by atoms with Crippen LogP contribution in [0.15, 0.2) is 18.2 Å². The molecule has 4 heteroatoms. The van der Waals surface area contributed by atoms with Gasteiger partial charge in [-0.2, -0.15) is 0 Å². The Morgan fingerprint density at radius 3 is 2.65 bits per heavy atom. The largest absolute Gasteiger partial charge is 0.311 e. The lowest BCUT2D eigenvalue weighted by Crippen LogP contribution is -2.59. The second-order valence-electron chi connectivity index (χ2n) is 6.84. The Bertz CT molecular complexity index is 468. The highest BCUT2D eigenvalue weighted by Crippen LogP contribution is 2.27. The molecule has 1 aliphatic rings. The molecule has 1 aromatic rings. The number of nitrogens with zero attached hydrogens (tertiary/aromatic N) is 1. The molecule has 1 aliphatic heterocycles. The number of nitrogens with one attached hydrogen (secondary N) is 1. The standard InChI is InChI=1S/C16H24Cl2N2/c1-11-8-19-15(16(2,3)4)10-20(11)9-12-7-13(17)5-6-14(12)18/h5-7,11,15,19H,8-10H2,1-4H3. The predicted molar refractivity (Wildman–Crippen MR) is 87.6 cm³/mol. The molecule has 0 bridgehead atoms. The maximum Gasteiger partial charge on any atom is 0.0452 e. The van der Waals surface area contributed by atoms with Crippen molar-refractivity contribution in [1.82, 2.24) is 10.2 Å². The fourth-order valence-electron chi connectivity index (χ4n) is 2.60. The average molecular weight is 315 g/mol. The van der Waals surface area contributed by atoms with Crippen LogP contribution in [-0.4, -0.2) is 30.1 Å². The van der Waals surface area contributed by atoms with Gasteiger partial charge in [0.2, 0.25) is 0 Å². The first-order chi connectivity index (χ1) is 9.27. The monoisotopic (exact) mass is 314 g/mol. The van der Waals surface area contributed by atoms with Gasteiger partial charge in [-0.25, -0.2) is 0 Å². The lowest BCUT2D eigenvalue weighted by atomic mass is 9.84. The van der Waals surface area contributed by atoms with Gasteiger partial charge in [-0.1, -0.05) is 44.0 Å². The third kappa shape index (κ3) is 3.88. The van der Waals surface area contributed by atoms with E-state index in [4.69, 9.17) is 23.2 Å². The molecule has 2 unspecified atom stereocenters. The van der Waals surface area contributed by atoms with E-state index in [9.17, 15) is 0 Å². The average Bonchev–Trinajstić information content (AvgIpc) is 2.35. The minimum absolute atomic E-state index is 0.260. The molecule has 0 aromatic heterocycles. The van der Waals surface area contributed by atoms with Crippen molar-refractivity contribution >= 4 is 23.2 Å². The van der Waals surface area contributed by atoms with Crippen molar-refractivity contribution in [3.05, 3.63) is 33.8 Å². The van der Waals surface area contributed by atoms with Crippen LogP contribution in [0.1, 0.15) is 33.3 Å². The van der Waals surface area contributed by atoms with Crippen molar-refractivity contribution in [2.75, 3.05) is 13.1 Å². The van der Waals surface area contributed by atoms with Crippen LogP contribution in [0.3, 0.4) is 0 Å². The molecular weight excluding hydrogens is 291 g/mol. The van der Waals surface area contributed by atoms with E-state index < -0.39 is 0 Å². The lowest BCUT2D eigenvalue weighted by molar-refractivity contribution is 0.0877. The normalized spacial score (nSPS) is 24.9. The molecule has 20 heavy (non-hydrogen) atoms. The van der Waals surface area contributed by atoms with E-state index in [0.717, 1.165) is 35.2 Å². The fraction of sp³-hybridized carbons (Fsp3) is 0.625. The molecule has 1 N–H and O–H groups in total. The van der Waals surface area contributed by atoms with Gasteiger partial charge in [-0.05, 0) is 36.1 Å². The van der Waals surface area contributed by atoms with Crippen molar-refractivity contribution in [1.29, 1.82) is 0 Å². The van der Waals surface area contributed by atoms with Crippen LogP contribution in [-0.2, 0) is 6.54 Å². The highest BCUT2D eigenvalue weighted by molar-refractivity contribution is 6.33. The van der Waals surface area contributed by atoms with E-state index >= 15 is 0 Å². The summed E-state index contributed by atoms with van der Waals surface area (Å²) in [6.07, 6.45) is 0. The third-order valence-corrected chi connectivity index (χ3v) is 4.73. The highest BCUT2D eigenvalue weighted by atomic mass is 35.5. The van der Waals surface area contributed by atoms with Crippen LogP contribution in [0.4, 0.5) is 0 Å². The van der Waals surface area contributed by atoms with Crippen LogP contribution >= 0.6 is 23.2 Å². The molecule has 0 saturated carbocycles. The van der Waals surface area contributed by atoms with E-state index in [1.165, 1.54) is 0 Å². The molecular formula is C16H24Cl2N2. The van der Waals surface area contributed by atoms with Gasteiger partial charge in [0.25, 0.3) is 0 Å². The van der Waals surface area contributed by atoms with Crippen molar-refractivity contribution in [2.24, 2.45) is 5.41 Å². The second kappa shape index (κ2) is 6.23. The molecule has 112 valence electrons. The fourth-order valence-corrected chi connectivity index (χ4v) is 2.98. The van der Waals surface area contributed by atoms with Gasteiger partial charge >= 0.3 is 0 Å². The van der Waals surface area contributed by atoms with E-state index in [0.29, 0.717) is 12.1 Å². The number of hydrogen-bond acceptors (Lipinski definition) is 2. The van der Waals surface area contributed by atoms with E-state index in [2.05, 4.69) is 37.9 Å². The van der Waals surface area contributed by atoms with Crippen molar-refractivity contribution in [3.8, 4) is 0 Å². The molecule has 0 amide bonds. The topological polar surface area (TPSA) is 15.3 Å². The molecule has 2 atom stereocenters. The molecule has 2 rings (SSSR count). The van der Waals surface area contributed by atoms with Crippen LogP contribution in [0.25, 0.3) is 0 Å². The zero-order chi connectivity index (χ0) is 14.9. The van der Waals surface area contributed by atoms with Crippen molar-refractivity contribution in [3.63, 3.8) is 0 Å². The number of rotatable bonds is 2. The molecule has 1 fully saturated rings. The van der Waals surface area contributed by atoms with Gasteiger partial charge in [-0.15, -0.1) is 0 Å². The summed E-state index contributed by atoms with van der Waals surface area (Å²) in [5.41, 5.74) is 1.37. The highest BCUT2D eigenvalue weighted by Gasteiger charge is 2.32. The number of halogens is 2. The minimum atomic E-state index is 0.260. The summed E-state index contributed by atoms with van der Waals surface area (Å²) < 4.78 is 0. The maximum atomic E-state index is 6.29. The van der Waals surface area contributed by atoms with Gasteiger partial charge in [0.15, 0.2) is 0 Å². The SMILES string of the molecule is CC1CNC(C(C)(C)C)CN1Cc1cc(Cl)ccc1Cl. The predicted octanol–water partition coefficient (Wildman–Crippen LogP) is 4.20. The Labute approximate surface area is 132 Å². The third-order valence-electron chi connectivity index (χ3n) is 4.13. The molecule has 0 radical (unpaired) electrons.